The number of thioether (sulfide) groups is 1. The van der Waals surface area contributed by atoms with Crippen LogP contribution in [0.2, 0.25) is 5.02 Å². The van der Waals surface area contributed by atoms with Gasteiger partial charge >= 0.3 is 0 Å². The van der Waals surface area contributed by atoms with Gasteiger partial charge in [0.2, 0.25) is 5.91 Å². The second-order valence-corrected chi connectivity index (χ2v) is 5.87. The highest BCUT2D eigenvalue weighted by Crippen LogP contribution is 2.28. The molecule has 0 spiro atoms. The molecular formula is C12H12ClN3OS. The fourth-order valence-electron chi connectivity index (χ4n) is 2.01. The molecule has 3 rings (SSSR count). The zero-order chi connectivity index (χ0) is 12.5. The van der Waals surface area contributed by atoms with Gasteiger partial charge in [0.15, 0.2) is 5.16 Å². The van der Waals surface area contributed by atoms with Crippen LogP contribution in [0.15, 0.2) is 23.4 Å². The summed E-state index contributed by atoms with van der Waals surface area (Å²) >= 11 is 7.41. The molecule has 1 aliphatic heterocycles. The molecular weight excluding hydrogens is 270 g/mol. The van der Waals surface area contributed by atoms with E-state index >= 15 is 0 Å². The Kier molecular flexibility index (Phi) is 3.18. The van der Waals surface area contributed by atoms with Crippen LogP contribution in [0.1, 0.15) is 12.8 Å². The molecule has 1 atom stereocenters. The lowest BCUT2D eigenvalue weighted by molar-refractivity contribution is -0.121. The largest absolute Gasteiger partial charge is 0.355 e. The van der Waals surface area contributed by atoms with Gasteiger partial charge in [-0.1, -0.05) is 23.4 Å². The van der Waals surface area contributed by atoms with Crippen molar-refractivity contribution in [3.63, 3.8) is 0 Å². The molecule has 1 unspecified atom stereocenters. The fraction of sp³-hybridized carbons (Fsp3) is 0.333. The third-order valence-corrected chi connectivity index (χ3v) is 4.30. The highest BCUT2D eigenvalue weighted by Gasteiger charge is 2.24. The van der Waals surface area contributed by atoms with Gasteiger partial charge in [-0.15, -0.1) is 0 Å². The van der Waals surface area contributed by atoms with E-state index in [0.29, 0.717) is 5.02 Å². The van der Waals surface area contributed by atoms with Crippen molar-refractivity contribution in [2.24, 2.45) is 0 Å². The number of nitrogens with one attached hydrogen (secondary N) is 2. The topological polar surface area (TPSA) is 57.8 Å². The minimum Gasteiger partial charge on any atom is -0.355 e. The van der Waals surface area contributed by atoms with Gasteiger partial charge in [0.1, 0.15) is 0 Å². The Morgan fingerprint density at radius 1 is 1.44 bits per heavy atom. The number of benzene rings is 1. The van der Waals surface area contributed by atoms with Gasteiger partial charge in [0, 0.05) is 11.6 Å². The lowest BCUT2D eigenvalue weighted by atomic mass is 10.1. The van der Waals surface area contributed by atoms with E-state index in [1.807, 2.05) is 18.2 Å². The fourth-order valence-corrected chi connectivity index (χ4v) is 3.24. The summed E-state index contributed by atoms with van der Waals surface area (Å²) in [6, 6.07) is 5.53. The average Bonchev–Trinajstić information content (AvgIpc) is 2.73. The first kappa shape index (κ1) is 11.9. The number of carbonyl (C=O) groups is 1. The number of halogens is 1. The van der Waals surface area contributed by atoms with Crippen LogP contribution in [0.5, 0.6) is 0 Å². The molecule has 0 saturated carbocycles. The van der Waals surface area contributed by atoms with Crippen molar-refractivity contribution in [2.45, 2.75) is 23.2 Å². The van der Waals surface area contributed by atoms with Crippen molar-refractivity contribution >= 4 is 40.3 Å². The number of imidazole rings is 1. The van der Waals surface area contributed by atoms with E-state index in [0.717, 1.165) is 35.6 Å². The van der Waals surface area contributed by atoms with Crippen LogP contribution in [-0.2, 0) is 4.79 Å². The van der Waals surface area contributed by atoms with Crippen molar-refractivity contribution in [1.82, 2.24) is 15.3 Å². The first-order valence-electron chi connectivity index (χ1n) is 5.82. The van der Waals surface area contributed by atoms with E-state index in [9.17, 15) is 4.79 Å². The molecule has 1 fully saturated rings. The Bertz CT molecular complexity index is 598. The third-order valence-electron chi connectivity index (χ3n) is 2.91. The summed E-state index contributed by atoms with van der Waals surface area (Å²) < 4.78 is 0. The zero-order valence-electron chi connectivity index (χ0n) is 9.57. The molecule has 6 heteroatoms. The number of piperidine rings is 1. The molecule has 2 aromatic rings. The highest BCUT2D eigenvalue weighted by molar-refractivity contribution is 8.00. The van der Waals surface area contributed by atoms with Crippen LogP contribution >= 0.6 is 23.4 Å². The van der Waals surface area contributed by atoms with Crippen LogP contribution in [-0.4, -0.2) is 27.7 Å². The summed E-state index contributed by atoms with van der Waals surface area (Å²) in [6.07, 6.45) is 1.92. The Labute approximate surface area is 113 Å². The minimum atomic E-state index is -0.0465. The summed E-state index contributed by atoms with van der Waals surface area (Å²) in [5.41, 5.74) is 1.78. The number of nitrogens with zero attached hydrogens (tertiary/aromatic N) is 1. The number of rotatable bonds is 2. The second kappa shape index (κ2) is 4.82. The molecule has 4 nitrogen and oxygen atoms in total. The number of carbonyl (C=O) groups excluding carboxylic acids is 1. The quantitative estimate of drug-likeness (QED) is 0.889. The lowest BCUT2D eigenvalue weighted by Gasteiger charge is -2.19. The molecule has 1 aromatic carbocycles. The van der Waals surface area contributed by atoms with Crippen molar-refractivity contribution in [2.75, 3.05) is 6.54 Å². The predicted molar refractivity (Wildman–Crippen MR) is 73.0 cm³/mol. The monoisotopic (exact) mass is 281 g/mol. The highest BCUT2D eigenvalue weighted by atomic mass is 35.5. The summed E-state index contributed by atoms with van der Waals surface area (Å²) in [4.78, 5) is 19.3. The Morgan fingerprint density at radius 2 is 2.33 bits per heavy atom. The summed E-state index contributed by atoms with van der Waals surface area (Å²) in [5, 5.41) is 4.28. The van der Waals surface area contributed by atoms with E-state index in [1.54, 1.807) is 0 Å². The summed E-state index contributed by atoms with van der Waals surface area (Å²) in [5.74, 6) is 0.102. The van der Waals surface area contributed by atoms with Crippen LogP contribution in [0.3, 0.4) is 0 Å². The minimum absolute atomic E-state index is 0.0465. The SMILES string of the molecule is O=C1NCCCC1Sc1nc2ccc(Cl)cc2[nH]1. The molecule has 0 aliphatic carbocycles. The Balaban J connectivity index is 1.84. The maximum Gasteiger partial charge on any atom is 0.233 e. The molecule has 1 saturated heterocycles. The number of aromatic amines is 1. The number of fused-ring (bicyclic) bond motifs is 1. The Morgan fingerprint density at radius 3 is 3.17 bits per heavy atom. The normalized spacial score (nSPS) is 20.1. The van der Waals surface area contributed by atoms with Gasteiger partial charge in [-0.25, -0.2) is 4.98 Å². The van der Waals surface area contributed by atoms with E-state index in [-0.39, 0.29) is 11.2 Å². The molecule has 1 aromatic heterocycles. The van der Waals surface area contributed by atoms with Gasteiger partial charge in [-0.2, -0.15) is 0 Å². The molecule has 18 heavy (non-hydrogen) atoms. The lowest BCUT2D eigenvalue weighted by Crippen LogP contribution is -2.38. The Hall–Kier alpha value is -1.20. The van der Waals surface area contributed by atoms with E-state index in [2.05, 4.69) is 15.3 Å². The predicted octanol–water partition coefficient (Wildman–Crippen LogP) is 2.59. The standard InChI is InChI=1S/C12H12ClN3OS/c13-7-3-4-8-9(6-7)16-12(15-8)18-10-2-1-5-14-11(10)17/h3-4,6,10H,1-2,5H2,(H,14,17)(H,15,16). The molecule has 1 amide bonds. The van der Waals surface area contributed by atoms with Crippen LogP contribution in [0, 0.1) is 0 Å². The van der Waals surface area contributed by atoms with Gasteiger partial charge in [-0.3, -0.25) is 4.79 Å². The summed E-state index contributed by atoms with van der Waals surface area (Å²) in [7, 11) is 0. The molecule has 2 N–H and O–H groups in total. The summed E-state index contributed by atoms with van der Waals surface area (Å²) in [6.45, 7) is 0.783. The van der Waals surface area contributed by atoms with Crippen molar-refractivity contribution in [1.29, 1.82) is 0 Å². The molecule has 1 aliphatic rings. The van der Waals surface area contributed by atoms with E-state index in [1.165, 1.54) is 11.8 Å². The smallest absolute Gasteiger partial charge is 0.233 e. The van der Waals surface area contributed by atoms with Gasteiger partial charge in [0.25, 0.3) is 0 Å². The number of aromatic nitrogens is 2. The molecule has 0 bridgehead atoms. The second-order valence-electron chi connectivity index (χ2n) is 4.24. The first-order chi connectivity index (χ1) is 8.72. The van der Waals surface area contributed by atoms with Crippen LogP contribution in [0.4, 0.5) is 0 Å². The average molecular weight is 282 g/mol. The number of H-pyrrole nitrogens is 1. The van der Waals surface area contributed by atoms with Crippen LogP contribution < -0.4 is 5.32 Å². The van der Waals surface area contributed by atoms with Gasteiger partial charge in [0.05, 0.1) is 16.3 Å². The van der Waals surface area contributed by atoms with Crippen molar-refractivity contribution in [3.05, 3.63) is 23.2 Å². The van der Waals surface area contributed by atoms with Crippen molar-refractivity contribution < 1.29 is 4.79 Å². The molecule has 0 radical (unpaired) electrons. The number of hydrogen-bond donors (Lipinski definition) is 2. The number of amides is 1. The number of hydrogen-bond acceptors (Lipinski definition) is 3. The maximum absolute atomic E-state index is 11.7. The van der Waals surface area contributed by atoms with E-state index in [4.69, 9.17) is 11.6 Å². The zero-order valence-corrected chi connectivity index (χ0v) is 11.1. The first-order valence-corrected chi connectivity index (χ1v) is 7.08. The molecule has 94 valence electrons. The van der Waals surface area contributed by atoms with Gasteiger partial charge < -0.3 is 10.3 Å². The van der Waals surface area contributed by atoms with Crippen LogP contribution in [0.25, 0.3) is 11.0 Å². The van der Waals surface area contributed by atoms with Crippen molar-refractivity contribution in [3.8, 4) is 0 Å². The van der Waals surface area contributed by atoms with Gasteiger partial charge in [-0.05, 0) is 31.0 Å². The third kappa shape index (κ3) is 2.33. The molecule has 2 heterocycles. The maximum atomic E-state index is 11.7. The van der Waals surface area contributed by atoms with E-state index < -0.39 is 0 Å².